The average Bonchev–Trinajstić information content (AvgIpc) is 2.79. The molecule has 6 heteroatoms. The minimum Gasteiger partial charge on any atom is -0.450 e. The van der Waals surface area contributed by atoms with E-state index in [0.717, 1.165) is 18.4 Å². The third-order valence-corrected chi connectivity index (χ3v) is 5.49. The summed E-state index contributed by atoms with van der Waals surface area (Å²) in [4.78, 5) is 12.5. The molecule has 0 N–H and O–H groups in total. The third-order valence-electron chi connectivity index (χ3n) is 5.49. The fourth-order valence-corrected chi connectivity index (χ4v) is 3.88. The van der Waals surface area contributed by atoms with E-state index in [9.17, 15) is 13.6 Å². The van der Waals surface area contributed by atoms with Gasteiger partial charge < -0.3 is 9.47 Å². The molecular formula is C26H23F3O3. The lowest BCUT2D eigenvalue weighted by atomic mass is 9.96. The highest BCUT2D eigenvalue weighted by Crippen LogP contribution is 2.43. The minimum atomic E-state index is -1.13. The van der Waals surface area contributed by atoms with Crippen LogP contribution in [0.3, 0.4) is 0 Å². The van der Waals surface area contributed by atoms with Gasteiger partial charge in [0.2, 0.25) is 11.6 Å². The van der Waals surface area contributed by atoms with Gasteiger partial charge in [-0.3, -0.25) is 0 Å². The van der Waals surface area contributed by atoms with Gasteiger partial charge in [0.15, 0.2) is 23.1 Å². The summed E-state index contributed by atoms with van der Waals surface area (Å²) in [6.07, 6.45) is 3.12. The first-order valence-electron chi connectivity index (χ1n) is 10.7. The minimum absolute atomic E-state index is 0.183. The number of benzene rings is 3. The van der Waals surface area contributed by atoms with Crippen LogP contribution in [0.2, 0.25) is 0 Å². The summed E-state index contributed by atoms with van der Waals surface area (Å²) in [5.74, 6) is -4.69. The van der Waals surface area contributed by atoms with E-state index in [-0.39, 0.29) is 34.8 Å². The predicted octanol–water partition coefficient (Wildman–Crippen LogP) is 6.92. The molecule has 0 saturated heterocycles. The van der Waals surface area contributed by atoms with Crippen LogP contribution in [-0.2, 0) is 19.3 Å². The van der Waals surface area contributed by atoms with Crippen LogP contribution in [0.25, 0.3) is 0 Å². The Morgan fingerprint density at radius 1 is 0.875 bits per heavy atom. The highest BCUT2D eigenvalue weighted by Gasteiger charge is 2.29. The van der Waals surface area contributed by atoms with Crippen molar-refractivity contribution in [2.45, 2.75) is 46.0 Å². The van der Waals surface area contributed by atoms with Crippen LogP contribution in [0.4, 0.5) is 13.2 Å². The van der Waals surface area contributed by atoms with E-state index >= 15 is 4.39 Å². The second kappa shape index (κ2) is 9.07. The fraction of sp³-hybridized carbons (Fsp3) is 0.269. The third kappa shape index (κ3) is 4.09. The molecule has 0 spiro atoms. The zero-order valence-corrected chi connectivity index (χ0v) is 17.9. The molecule has 166 valence electrons. The van der Waals surface area contributed by atoms with Crippen LogP contribution in [-0.4, -0.2) is 5.97 Å². The normalized spacial score (nSPS) is 12.0. The van der Waals surface area contributed by atoms with Crippen molar-refractivity contribution in [1.82, 2.24) is 0 Å². The van der Waals surface area contributed by atoms with Crippen LogP contribution < -0.4 is 9.47 Å². The number of fused-ring (bicyclic) bond motifs is 2. The molecule has 4 rings (SSSR count). The molecule has 3 nitrogen and oxygen atoms in total. The van der Waals surface area contributed by atoms with Crippen molar-refractivity contribution in [2.75, 3.05) is 0 Å². The summed E-state index contributed by atoms with van der Waals surface area (Å²) >= 11 is 0. The largest absolute Gasteiger partial charge is 0.450 e. The molecule has 1 aliphatic rings. The molecular weight excluding hydrogens is 417 g/mol. The number of hydrogen-bond donors (Lipinski definition) is 0. The average molecular weight is 440 g/mol. The van der Waals surface area contributed by atoms with Gasteiger partial charge in [0.05, 0.1) is 5.56 Å². The molecule has 0 amide bonds. The highest BCUT2D eigenvalue weighted by atomic mass is 19.2. The van der Waals surface area contributed by atoms with Gasteiger partial charge in [0, 0.05) is 17.5 Å². The van der Waals surface area contributed by atoms with Crippen molar-refractivity contribution in [2.24, 2.45) is 0 Å². The van der Waals surface area contributed by atoms with E-state index in [1.807, 2.05) is 19.1 Å². The SMILES string of the molecule is CCCc1ccc(C(=O)Oc2ccc3c(c2F)Oc2c(cc(CCC)c(F)c2F)C3)cc1. The van der Waals surface area contributed by atoms with E-state index in [4.69, 9.17) is 9.47 Å². The number of carbonyl (C=O) groups is 1. The van der Waals surface area contributed by atoms with Gasteiger partial charge in [0.25, 0.3) is 0 Å². The van der Waals surface area contributed by atoms with Crippen LogP contribution in [0.1, 0.15) is 59.3 Å². The van der Waals surface area contributed by atoms with Crippen molar-refractivity contribution >= 4 is 5.97 Å². The molecule has 0 bridgehead atoms. The summed E-state index contributed by atoms with van der Waals surface area (Å²) in [5, 5.41) is 0. The first-order valence-corrected chi connectivity index (χ1v) is 10.7. The van der Waals surface area contributed by atoms with E-state index in [1.54, 1.807) is 24.3 Å². The zero-order valence-electron chi connectivity index (χ0n) is 17.9. The van der Waals surface area contributed by atoms with Gasteiger partial charge in [-0.05, 0) is 48.2 Å². The smallest absolute Gasteiger partial charge is 0.343 e. The Morgan fingerprint density at radius 3 is 2.25 bits per heavy atom. The van der Waals surface area contributed by atoms with Crippen LogP contribution in [0.5, 0.6) is 17.2 Å². The Labute approximate surface area is 184 Å². The standard InChI is InChI=1S/C26H23F3O3/c1-3-5-15-7-9-16(10-8-15)26(30)31-20-12-11-18-14-19-13-17(6-4-2)21(27)23(29)25(19)32-24(18)22(20)28/h7-13H,3-6,14H2,1-2H3. The van der Waals surface area contributed by atoms with Gasteiger partial charge >= 0.3 is 5.97 Å². The monoisotopic (exact) mass is 440 g/mol. The maximum absolute atomic E-state index is 15.1. The van der Waals surface area contributed by atoms with Crippen molar-refractivity contribution in [1.29, 1.82) is 0 Å². The molecule has 0 unspecified atom stereocenters. The molecule has 0 aliphatic carbocycles. The summed E-state index contributed by atoms with van der Waals surface area (Å²) < 4.78 is 54.7. The number of halogens is 3. The van der Waals surface area contributed by atoms with E-state index in [0.29, 0.717) is 24.0 Å². The fourth-order valence-electron chi connectivity index (χ4n) is 3.88. The zero-order chi connectivity index (χ0) is 22.8. The van der Waals surface area contributed by atoms with Crippen LogP contribution >= 0.6 is 0 Å². The number of ether oxygens (including phenoxy) is 2. The summed E-state index contributed by atoms with van der Waals surface area (Å²) in [5.41, 5.74) is 2.56. The Kier molecular flexibility index (Phi) is 6.21. The lowest BCUT2D eigenvalue weighted by Crippen LogP contribution is -2.13. The summed E-state index contributed by atoms with van der Waals surface area (Å²) in [7, 11) is 0. The lowest BCUT2D eigenvalue weighted by molar-refractivity contribution is 0.0727. The Hall–Kier alpha value is -3.28. The highest BCUT2D eigenvalue weighted by molar-refractivity contribution is 5.91. The topological polar surface area (TPSA) is 35.5 Å². The Balaban J connectivity index is 1.60. The molecule has 0 saturated carbocycles. The number of hydrogen-bond acceptors (Lipinski definition) is 3. The summed E-state index contributed by atoms with van der Waals surface area (Å²) in [6.45, 7) is 3.94. The molecule has 1 aliphatic heterocycles. The second-order valence-corrected chi connectivity index (χ2v) is 7.88. The van der Waals surface area contributed by atoms with Crippen molar-refractivity contribution in [3.8, 4) is 17.2 Å². The van der Waals surface area contributed by atoms with Crippen molar-refractivity contribution < 1.29 is 27.4 Å². The molecule has 0 fully saturated rings. The number of esters is 1. The van der Waals surface area contributed by atoms with Gasteiger partial charge in [-0.1, -0.05) is 44.9 Å². The van der Waals surface area contributed by atoms with Gasteiger partial charge in [-0.25, -0.2) is 9.18 Å². The van der Waals surface area contributed by atoms with Crippen molar-refractivity contribution in [3.05, 3.63) is 87.7 Å². The number of carbonyl (C=O) groups excluding carboxylic acids is 1. The molecule has 0 radical (unpaired) electrons. The Bertz CT molecular complexity index is 1170. The summed E-state index contributed by atoms with van der Waals surface area (Å²) in [6, 6.07) is 11.4. The first kappa shape index (κ1) is 21.9. The van der Waals surface area contributed by atoms with Crippen LogP contribution in [0, 0.1) is 17.5 Å². The van der Waals surface area contributed by atoms with Gasteiger partial charge in [-0.2, -0.15) is 8.78 Å². The quantitative estimate of drug-likeness (QED) is 0.241. The lowest BCUT2D eigenvalue weighted by Gasteiger charge is -2.23. The molecule has 3 aromatic rings. The molecule has 0 atom stereocenters. The number of aryl methyl sites for hydroxylation is 2. The predicted molar refractivity (Wildman–Crippen MR) is 115 cm³/mol. The Morgan fingerprint density at radius 2 is 1.56 bits per heavy atom. The maximum atomic E-state index is 15.1. The molecule has 1 heterocycles. The first-order chi connectivity index (χ1) is 15.4. The van der Waals surface area contributed by atoms with E-state index in [2.05, 4.69) is 6.92 Å². The van der Waals surface area contributed by atoms with Gasteiger partial charge in [0.1, 0.15) is 0 Å². The molecule has 0 aromatic heterocycles. The second-order valence-electron chi connectivity index (χ2n) is 7.88. The maximum Gasteiger partial charge on any atom is 0.343 e. The van der Waals surface area contributed by atoms with E-state index < -0.39 is 23.4 Å². The van der Waals surface area contributed by atoms with Gasteiger partial charge in [-0.15, -0.1) is 0 Å². The van der Waals surface area contributed by atoms with E-state index in [1.165, 1.54) is 6.07 Å². The number of rotatable bonds is 6. The molecule has 3 aromatic carbocycles. The van der Waals surface area contributed by atoms with Crippen LogP contribution in [0.15, 0.2) is 42.5 Å². The van der Waals surface area contributed by atoms with Crippen molar-refractivity contribution in [3.63, 3.8) is 0 Å². The molecule has 32 heavy (non-hydrogen) atoms.